The molecule has 3 heteroatoms. The van der Waals surface area contributed by atoms with Crippen LogP contribution in [0.4, 0.5) is 0 Å². The van der Waals surface area contributed by atoms with Gasteiger partial charge in [-0.1, -0.05) is 0 Å². The summed E-state index contributed by atoms with van der Waals surface area (Å²) in [6.07, 6.45) is 0. The summed E-state index contributed by atoms with van der Waals surface area (Å²) in [6, 6.07) is 18.4. The van der Waals surface area contributed by atoms with Crippen molar-refractivity contribution < 1.29 is 41.4 Å². The second-order valence-electron chi connectivity index (χ2n) is 8.14. The van der Waals surface area contributed by atoms with Gasteiger partial charge in [0.2, 0.25) is 0 Å². The van der Waals surface area contributed by atoms with E-state index in [1.54, 1.807) is 20.6 Å². The Labute approximate surface area is 180 Å². The number of hydrogen-bond donors (Lipinski definition) is 0. The van der Waals surface area contributed by atoms with Crippen molar-refractivity contribution >= 4 is 0 Å². The predicted octanol–water partition coefficient (Wildman–Crippen LogP) is 1.42. The second kappa shape index (κ2) is 8.30. The van der Waals surface area contributed by atoms with E-state index in [2.05, 4.69) is 83.1 Å². The summed E-state index contributed by atoms with van der Waals surface area (Å²) in [6.45, 7) is 11.6. The van der Waals surface area contributed by atoms with Crippen LogP contribution in [0.2, 0.25) is 9.45 Å². The van der Waals surface area contributed by atoms with Crippen LogP contribution in [0.3, 0.4) is 0 Å². The first-order valence-electron chi connectivity index (χ1n) is 9.48. The fourth-order valence-corrected chi connectivity index (χ4v) is 13.8. The summed E-state index contributed by atoms with van der Waals surface area (Å²) in [5.41, 5.74) is 10.8. The van der Waals surface area contributed by atoms with E-state index >= 15 is 0 Å². The van der Waals surface area contributed by atoms with Gasteiger partial charge in [0, 0.05) is 0 Å². The molecular weight excluding hydrogens is 407 g/mol. The van der Waals surface area contributed by atoms with Gasteiger partial charge in [-0.05, 0) is 0 Å². The molecule has 1 heterocycles. The third-order valence-electron chi connectivity index (χ3n) is 6.80. The molecule has 142 valence electrons. The molecule has 0 N–H and O–H groups in total. The molecule has 2 aromatic rings. The van der Waals surface area contributed by atoms with Gasteiger partial charge >= 0.3 is 156 Å². The standard InChI is InChI=1S/C13H9.C9H15.C2H4.2ClH.Ti/c1-3-7-12-10(5-1)9-11-6-2-4-8-13(11)12;1-6-8(4)9(5)7(2)3;1-2;;;/h1-9H;1-5H3;1-2H2;2*1H;/q;;;;;+2/p-2. The van der Waals surface area contributed by atoms with Crippen LogP contribution < -0.4 is 24.8 Å². The molecule has 0 saturated carbocycles. The molecule has 0 amide bonds. The maximum atomic E-state index is 2.47. The first-order valence-corrected chi connectivity index (χ1v) is 13.4. The Kier molecular flexibility index (Phi) is 6.91. The maximum Gasteiger partial charge on any atom is -1.00 e. The molecule has 0 aromatic heterocycles. The Balaban J connectivity index is 0.00000131. The van der Waals surface area contributed by atoms with Gasteiger partial charge in [-0.3, -0.25) is 0 Å². The van der Waals surface area contributed by atoms with E-state index in [4.69, 9.17) is 0 Å². The van der Waals surface area contributed by atoms with Crippen molar-refractivity contribution in [1.29, 1.82) is 0 Å². The van der Waals surface area contributed by atoms with Crippen LogP contribution in [0.15, 0.2) is 69.1 Å². The molecule has 1 saturated heterocycles. The maximum absolute atomic E-state index is 2.47. The number of benzene rings is 2. The molecular formula is C24H28Cl2Ti. The number of fused-ring (bicyclic) bond motifs is 3. The largest absolute Gasteiger partial charge is 1.00 e. The zero-order valence-electron chi connectivity index (χ0n) is 16.9. The van der Waals surface area contributed by atoms with Crippen molar-refractivity contribution in [3.63, 3.8) is 0 Å². The summed E-state index contributed by atoms with van der Waals surface area (Å²) in [7, 11) is 0. The third kappa shape index (κ3) is 3.51. The molecule has 1 fully saturated rings. The van der Waals surface area contributed by atoms with Gasteiger partial charge in [0.15, 0.2) is 0 Å². The van der Waals surface area contributed by atoms with Crippen LogP contribution >= 0.6 is 0 Å². The molecule has 27 heavy (non-hydrogen) atoms. The summed E-state index contributed by atoms with van der Waals surface area (Å²) in [5.74, 6) is 0. The van der Waals surface area contributed by atoms with E-state index in [1.165, 1.54) is 31.7 Å². The summed E-state index contributed by atoms with van der Waals surface area (Å²) in [5, 5.41) is 0. The van der Waals surface area contributed by atoms with Crippen LogP contribution in [0.1, 0.15) is 50.0 Å². The topological polar surface area (TPSA) is 0 Å². The van der Waals surface area contributed by atoms with Crippen molar-refractivity contribution in [2.45, 2.75) is 48.3 Å². The Hall–Kier alpha value is -0.786. The Bertz CT molecular complexity index is 870. The van der Waals surface area contributed by atoms with Gasteiger partial charge in [0.05, 0.1) is 0 Å². The van der Waals surface area contributed by atoms with E-state index < -0.39 is 16.6 Å². The molecule has 2 aliphatic rings. The van der Waals surface area contributed by atoms with Crippen LogP contribution in [-0.2, 0) is 16.6 Å². The predicted molar refractivity (Wildman–Crippen MR) is 106 cm³/mol. The van der Waals surface area contributed by atoms with Crippen LogP contribution in [0.25, 0.3) is 11.1 Å². The fraction of sp³-hybridized carbons (Fsp3) is 0.333. The molecule has 4 rings (SSSR count). The van der Waals surface area contributed by atoms with E-state index in [9.17, 15) is 0 Å². The molecule has 0 bridgehead atoms. The Morgan fingerprint density at radius 1 is 0.704 bits per heavy atom. The molecule has 1 aliphatic heterocycles. The van der Waals surface area contributed by atoms with Crippen molar-refractivity contribution in [2.24, 2.45) is 0 Å². The van der Waals surface area contributed by atoms with Gasteiger partial charge in [-0.25, -0.2) is 0 Å². The minimum absolute atomic E-state index is 0. The second-order valence-corrected chi connectivity index (χ2v) is 15.4. The SMILES string of the molecule is CC(C)=C(C)C(C)=[C](C)[Ti+2]1([CH]2c3ccccc3-c3ccccc32)[CH2][CH2]1.[Cl-].[Cl-]. The van der Waals surface area contributed by atoms with Gasteiger partial charge in [-0.15, -0.1) is 0 Å². The number of allylic oxidation sites excluding steroid dienone is 4. The zero-order chi connectivity index (χ0) is 17.8. The van der Waals surface area contributed by atoms with Crippen LogP contribution in [0, 0.1) is 0 Å². The normalized spacial score (nSPS) is 15.7. The third-order valence-corrected chi connectivity index (χ3v) is 14.9. The zero-order valence-corrected chi connectivity index (χ0v) is 19.9. The van der Waals surface area contributed by atoms with Crippen molar-refractivity contribution in [3.05, 3.63) is 80.3 Å². The minimum atomic E-state index is -2.07. The quantitative estimate of drug-likeness (QED) is 0.506. The first-order chi connectivity index (χ1) is 12.0. The van der Waals surface area contributed by atoms with E-state index in [0.717, 1.165) is 0 Å². The number of rotatable bonds is 3. The fourth-order valence-electron chi connectivity index (χ4n) is 4.80. The van der Waals surface area contributed by atoms with E-state index in [0.29, 0.717) is 4.22 Å². The van der Waals surface area contributed by atoms with Crippen molar-refractivity contribution in [2.75, 3.05) is 0 Å². The average Bonchev–Trinajstić information content (AvgIpc) is 3.36. The summed E-state index contributed by atoms with van der Waals surface area (Å²) < 4.78 is 5.47. The van der Waals surface area contributed by atoms with E-state index in [-0.39, 0.29) is 24.8 Å². The van der Waals surface area contributed by atoms with Gasteiger partial charge in [0.25, 0.3) is 0 Å². The summed E-state index contributed by atoms with van der Waals surface area (Å²) in [4.78, 5) is 0. The van der Waals surface area contributed by atoms with Gasteiger partial charge in [0.1, 0.15) is 0 Å². The Morgan fingerprint density at radius 3 is 1.56 bits per heavy atom. The average molecular weight is 435 g/mol. The van der Waals surface area contributed by atoms with Gasteiger partial charge in [-0.2, -0.15) is 0 Å². The minimum Gasteiger partial charge on any atom is -1.00 e. The summed E-state index contributed by atoms with van der Waals surface area (Å²) >= 11 is -2.07. The van der Waals surface area contributed by atoms with E-state index in [1.807, 2.05) is 0 Å². The molecule has 2 aromatic carbocycles. The van der Waals surface area contributed by atoms with Crippen LogP contribution in [-0.4, -0.2) is 0 Å². The molecule has 0 nitrogen and oxygen atoms in total. The molecule has 0 atom stereocenters. The smallest absolute Gasteiger partial charge is 1.00 e. The monoisotopic (exact) mass is 434 g/mol. The van der Waals surface area contributed by atoms with Crippen molar-refractivity contribution in [1.82, 2.24) is 0 Å². The van der Waals surface area contributed by atoms with Crippen molar-refractivity contribution in [3.8, 4) is 11.1 Å². The molecule has 0 radical (unpaired) electrons. The Morgan fingerprint density at radius 2 is 1.15 bits per heavy atom. The molecule has 1 aliphatic carbocycles. The first kappa shape index (κ1) is 22.5. The van der Waals surface area contributed by atoms with Crippen LogP contribution in [0.5, 0.6) is 0 Å². The number of halogens is 2. The number of hydrogen-bond acceptors (Lipinski definition) is 0. The van der Waals surface area contributed by atoms with Gasteiger partial charge < -0.3 is 24.8 Å². The molecule has 0 unspecified atom stereocenters. The molecule has 0 spiro atoms.